The predicted molar refractivity (Wildman–Crippen MR) is 108 cm³/mol. The zero-order valence-corrected chi connectivity index (χ0v) is 17.7. The number of methoxy groups -OCH3 is 1. The lowest BCUT2D eigenvalue weighted by molar-refractivity contribution is 0.160. The first-order valence-corrected chi connectivity index (χ1v) is 12.0. The summed E-state index contributed by atoms with van der Waals surface area (Å²) in [6.07, 6.45) is 0.158. The SMILES string of the molecule is COCCc1ccccc1OC(CCCc1ccccc1)(P(=O)(O)O)S(=O)(=O)O. The third-order valence-corrected chi connectivity index (χ3v) is 8.17. The molecule has 3 N–H and O–H groups in total. The van der Waals surface area contributed by atoms with Crippen molar-refractivity contribution in [2.45, 2.75) is 30.4 Å². The molecule has 0 saturated carbocycles. The Balaban J connectivity index is 2.39. The van der Waals surface area contributed by atoms with Crippen molar-refractivity contribution in [2.75, 3.05) is 13.7 Å². The van der Waals surface area contributed by atoms with E-state index in [0.717, 1.165) is 5.56 Å². The number of para-hydroxylation sites is 1. The minimum absolute atomic E-state index is 0.0368. The molecule has 0 aromatic heterocycles. The summed E-state index contributed by atoms with van der Waals surface area (Å²) >= 11 is 0. The Labute approximate surface area is 170 Å². The van der Waals surface area contributed by atoms with Gasteiger partial charge in [-0.3, -0.25) is 9.12 Å². The molecule has 0 saturated heterocycles. The van der Waals surface area contributed by atoms with Gasteiger partial charge in [0.15, 0.2) is 0 Å². The average molecular weight is 444 g/mol. The van der Waals surface area contributed by atoms with E-state index in [-0.39, 0.29) is 12.2 Å². The lowest BCUT2D eigenvalue weighted by Crippen LogP contribution is -2.44. The van der Waals surface area contributed by atoms with Crippen LogP contribution in [0.4, 0.5) is 0 Å². The summed E-state index contributed by atoms with van der Waals surface area (Å²) in [6, 6.07) is 15.3. The lowest BCUT2D eigenvalue weighted by Gasteiger charge is -2.32. The Morgan fingerprint density at radius 3 is 2.21 bits per heavy atom. The van der Waals surface area contributed by atoms with Gasteiger partial charge < -0.3 is 19.3 Å². The van der Waals surface area contributed by atoms with E-state index >= 15 is 0 Å². The average Bonchev–Trinajstić information content (AvgIpc) is 2.65. The molecule has 0 fully saturated rings. The van der Waals surface area contributed by atoms with Crippen LogP contribution < -0.4 is 4.74 Å². The monoisotopic (exact) mass is 444 g/mol. The molecule has 1 atom stereocenters. The van der Waals surface area contributed by atoms with Crippen molar-refractivity contribution in [2.24, 2.45) is 0 Å². The lowest BCUT2D eigenvalue weighted by atomic mass is 10.1. The smallest absolute Gasteiger partial charge is 0.387 e. The molecular weight excluding hydrogens is 419 g/mol. The number of benzene rings is 2. The van der Waals surface area contributed by atoms with Crippen LogP contribution in [-0.4, -0.2) is 41.1 Å². The number of aryl methyl sites for hydroxylation is 1. The summed E-state index contributed by atoms with van der Waals surface area (Å²) in [5.41, 5.74) is 1.36. The maximum atomic E-state index is 12.3. The second-order valence-corrected chi connectivity index (χ2v) is 10.2. The zero-order valence-electron chi connectivity index (χ0n) is 16.0. The van der Waals surface area contributed by atoms with E-state index in [1.165, 1.54) is 13.2 Å². The number of rotatable bonds is 11. The standard InChI is InChI=1S/C19H25O8PS/c1-26-15-13-17-11-5-6-12-18(17)27-19(28(20,21)22,29(23,24)25)14-7-10-16-8-3-2-4-9-16/h2-6,8-9,11-12H,7,10,13-15H2,1H3,(H2,20,21,22)(H,23,24,25). The highest BCUT2D eigenvalue weighted by Crippen LogP contribution is 2.57. The quantitative estimate of drug-likeness (QED) is 0.356. The second-order valence-electron chi connectivity index (χ2n) is 6.52. The summed E-state index contributed by atoms with van der Waals surface area (Å²) in [7, 11) is -9.25. The van der Waals surface area contributed by atoms with Crippen LogP contribution >= 0.6 is 7.60 Å². The summed E-state index contributed by atoms with van der Waals surface area (Å²) < 4.78 is 53.8. The molecule has 2 aromatic rings. The Bertz CT molecular complexity index is 942. The topological polar surface area (TPSA) is 130 Å². The van der Waals surface area contributed by atoms with Crippen LogP contribution in [-0.2, 0) is 32.3 Å². The van der Waals surface area contributed by atoms with Crippen molar-refractivity contribution < 1.29 is 36.8 Å². The van der Waals surface area contributed by atoms with Crippen molar-refractivity contribution in [1.82, 2.24) is 0 Å². The number of hydrogen-bond acceptors (Lipinski definition) is 5. The van der Waals surface area contributed by atoms with Gasteiger partial charge in [-0.05, 0) is 36.5 Å². The number of ether oxygens (including phenoxy) is 2. The fourth-order valence-electron chi connectivity index (χ4n) is 2.94. The summed E-state index contributed by atoms with van der Waals surface area (Å²) in [5, 5.41) is 0. The molecule has 2 aromatic carbocycles. The molecule has 2 rings (SSSR count). The van der Waals surface area contributed by atoms with E-state index in [4.69, 9.17) is 9.47 Å². The van der Waals surface area contributed by atoms with E-state index < -0.39 is 28.8 Å². The summed E-state index contributed by atoms with van der Waals surface area (Å²) in [6.45, 7) is 0.295. The van der Waals surface area contributed by atoms with Gasteiger partial charge in [-0.1, -0.05) is 48.5 Å². The Hall–Kier alpha value is -1.74. The molecule has 29 heavy (non-hydrogen) atoms. The molecule has 0 heterocycles. The molecule has 0 bridgehead atoms. The predicted octanol–water partition coefficient (Wildman–Crippen LogP) is 3.00. The summed E-state index contributed by atoms with van der Waals surface area (Å²) in [5.74, 6) is -0.0368. The minimum atomic E-state index is -5.45. The van der Waals surface area contributed by atoms with Crippen LogP contribution in [0.25, 0.3) is 0 Å². The first-order valence-electron chi connectivity index (χ1n) is 8.93. The maximum absolute atomic E-state index is 12.3. The van der Waals surface area contributed by atoms with E-state index in [1.807, 2.05) is 18.2 Å². The zero-order chi connectivity index (χ0) is 21.5. The van der Waals surface area contributed by atoms with Crippen molar-refractivity contribution in [3.63, 3.8) is 0 Å². The first-order chi connectivity index (χ1) is 13.6. The minimum Gasteiger partial charge on any atom is -0.457 e. The first kappa shape index (κ1) is 23.5. The molecule has 0 aliphatic carbocycles. The molecule has 0 aliphatic heterocycles. The summed E-state index contributed by atoms with van der Waals surface area (Å²) in [4.78, 5) is 19.8. The van der Waals surface area contributed by atoms with Gasteiger partial charge in [-0.2, -0.15) is 8.42 Å². The fourth-order valence-corrected chi connectivity index (χ4v) is 5.41. The van der Waals surface area contributed by atoms with E-state index in [0.29, 0.717) is 25.0 Å². The van der Waals surface area contributed by atoms with Gasteiger partial charge in [0.1, 0.15) is 5.75 Å². The Morgan fingerprint density at radius 2 is 1.62 bits per heavy atom. The van der Waals surface area contributed by atoms with Crippen LogP contribution in [0, 0.1) is 0 Å². The Morgan fingerprint density at radius 1 is 1.00 bits per heavy atom. The third-order valence-electron chi connectivity index (χ3n) is 4.47. The van der Waals surface area contributed by atoms with Crippen molar-refractivity contribution in [3.8, 4) is 5.75 Å². The van der Waals surface area contributed by atoms with Gasteiger partial charge in [-0.15, -0.1) is 0 Å². The highest BCUT2D eigenvalue weighted by Gasteiger charge is 2.60. The van der Waals surface area contributed by atoms with Crippen LogP contribution in [0.3, 0.4) is 0 Å². The highest BCUT2D eigenvalue weighted by molar-refractivity contribution is 7.94. The van der Waals surface area contributed by atoms with Crippen molar-refractivity contribution >= 4 is 17.7 Å². The van der Waals surface area contributed by atoms with Gasteiger partial charge in [0, 0.05) is 13.5 Å². The largest absolute Gasteiger partial charge is 0.457 e. The molecule has 0 amide bonds. The van der Waals surface area contributed by atoms with Crippen LogP contribution in [0.5, 0.6) is 5.75 Å². The van der Waals surface area contributed by atoms with E-state index in [2.05, 4.69) is 0 Å². The molecule has 8 nitrogen and oxygen atoms in total. The van der Waals surface area contributed by atoms with Crippen LogP contribution in [0.15, 0.2) is 54.6 Å². The Kier molecular flexibility index (Phi) is 7.99. The van der Waals surface area contributed by atoms with Gasteiger partial charge in [0.25, 0.3) is 0 Å². The molecule has 1 unspecified atom stereocenters. The van der Waals surface area contributed by atoms with E-state index in [9.17, 15) is 27.3 Å². The van der Waals surface area contributed by atoms with Crippen molar-refractivity contribution in [3.05, 3.63) is 65.7 Å². The van der Waals surface area contributed by atoms with Gasteiger partial charge >= 0.3 is 22.4 Å². The van der Waals surface area contributed by atoms with Gasteiger partial charge in [0.2, 0.25) is 0 Å². The molecular formula is C19H25O8PS. The molecule has 0 radical (unpaired) electrons. The highest BCUT2D eigenvalue weighted by atomic mass is 32.2. The molecule has 0 aliphatic rings. The third kappa shape index (κ3) is 5.88. The van der Waals surface area contributed by atoms with Crippen LogP contribution in [0.2, 0.25) is 0 Å². The molecule has 0 spiro atoms. The molecule has 10 heteroatoms. The van der Waals surface area contributed by atoms with E-state index in [1.54, 1.807) is 30.3 Å². The van der Waals surface area contributed by atoms with Crippen molar-refractivity contribution in [1.29, 1.82) is 0 Å². The fraction of sp³-hybridized carbons (Fsp3) is 0.368. The van der Waals surface area contributed by atoms with Gasteiger partial charge in [-0.25, -0.2) is 0 Å². The molecule has 160 valence electrons. The second kappa shape index (κ2) is 9.84. The van der Waals surface area contributed by atoms with Gasteiger partial charge in [0.05, 0.1) is 6.61 Å². The number of hydrogen-bond donors (Lipinski definition) is 3. The van der Waals surface area contributed by atoms with Crippen LogP contribution in [0.1, 0.15) is 24.0 Å². The normalized spacial score (nSPS) is 14.3. The maximum Gasteiger partial charge on any atom is 0.387 e.